The van der Waals surface area contributed by atoms with Gasteiger partial charge in [-0.3, -0.25) is 9.59 Å². The molecule has 0 atom stereocenters. The first kappa shape index (κ1) is 17.5. The average Bonchev–Trinajstić information content (AvgIpc) is 3.12. The smallest absolute Gasteiger partial charge is 0.250 e. The maximum atomic E-state index is 11.7. The molecule has 0 fully saturated rings. The van der Waals surface area contributed by atoms with Gasteiger partial charge >= 0.3 is 0 Å². The van der Waals surface area contributed by atoms with E-state index in [4.69, 9.17) is 5.73 Å². The van der Waals surface area contributed by atoms with Crippen molar-refractivity contribution < 1.29 is 4.79 Å². The molecule has 0 spiro atoms. The highest BCUT2D eigenvalue weighted by molar-refractivity contribution is 5.96. The quantitative estimate of drug-likeness (QED) is 0.541. The molecule has 1 amide bonds. The second-order valence-corrected chi connectivity index (χ2v) is 6.55. The molecular weight excluding hydrogens is 352 g/mol. The number of H-pyrrole nitrogens is 1. The lowest BCUT2D eigenvalue weighted by Gasteiger charge is -2.05. The Hall–Kier alpha value is -3.93. The number of benzene rings is 1. The molecule has 4 aromatic rings. The zero-order valence-corrected chi connectivity index (χ0v) is 15.2. The van der Waals surface area contributed by atoms with Crippen LogP contribution >= 0.6 is 0 Å². The minimum Gasteiger partial charge on any atom is -0.366 e. The average molecular weight is 370 g/mol. The summed E-state index contributed by atoms with van der Waals surface area (Å²) in [5, 5.41) is 0.967. The van der Waals surface area contributed by atoms with Crippen molar-refractivity contribution in [2.24, 2.45) is 12.8 Å². The molecule has 4 rings (SSSR count). The number of primary amides is 1. The molecule has 6 nitrogen and oxygen atoms in total. The molecule has 0 saturated heterocycles. The van der Waals surface area contributed by atoms with Gasteiger partial charge in [0.25, 0.3) is 0 Å². The number of carbonyl (C=O) groups excluding carboxylic acids is 1. The second kappa shape index (κ2) is 7.00. The van der Waals surface area contributed by atoms with E-state index < -0.39 is 5.91 Å². The highest BCUT2D eigenvalue weighted by Crippen LogP contribution is 2.30. The van der Waals surface area contributed by atoms with E-state index in [0.29, 0.717) is 0 Å². The number of rotatable bonds is 4. The molecule has 1 aromatic carbocycles. The van der Waals surface area contributed by atoms with Crippen molar-refractivity contribution in [2.75, 3.05) is 0 Å². The van der Waals surface area contributed by atoms with E-state index in [-0.39, 0.29) is 5.56 Å². The molecule has 6 heteroatoms. The van der Waals surface area contributed by atoms with Gasteiger partial charge in [-0.25, -0.2) is 4.98 Å². The number of carbonyl (C=O) groups is 1. The van der Waals surface area contributed by atoms with Crippen LogP contribution in [-0.2, 0) is 11.8 Å². The van der Waals surface area contributed by atoms with Gasteiger partial charge in [0.2, 0.25) is 11.5 Å². The maximum Gasteiger partial charge on any atom is 0.250 e. The number of aromatic nitrogens is 3. The third-order valence-corrected chi connectivity index (χ3v) is 4.59. The fourth-order valence-electron chi connectivity index (χ4n) is 3.15. The Morgan fingerprint density at radius 2 is 2.00 bits per heavy atom. The molecule has 0 saturated carbocycles. The normalized spacial score (nSPS) is 11.3. The molecule has 3 N–H and O–H groups in total. The SMILES string of the molecule is Cn1cc(-c2c[nH]c3ncc(-c4cccc(C=CC(N)=O)c4)cc23)ccc1=O. The molecule has 138 valence electrons. The van der Waals surface area contributed by atoms with Crippen LogP contribution in [0.3, 0.4) is 0 Å². The second-order valence-electron chi connectivity index (χ2n) is 6.55. The van der Waals surface area contributed by atoms with Crippen LogP contribution in [-0.4, -0.2) is 20.4 Å². The van der Waals surface area contributed by atoms with Gasteiger partial charge < -0.3 is 15.3 Å². The summed E-state index contributed by atoms with van der Waals surface area (Å²) >= 11 is 0. The van der Waals surface area contributed by atoms with E-state index in [1.165, 1.54) is 6.08 Å². The number of amides is 1. The molecule has 3 heterocycles. The first-order valence-electron chi connectivity index (χ1n) is 8.73. The van der Waals surface area contributed by atoms with E-state index in [0.717, 1.165) is 38.9 Å². The third kappa shape index (κ3) is 3.35. The Kier molecular flexibility index (Phi) is 4.37. The van der Waals surface area contributed by atoms with E-state index in [1.54, 1.807) is 30.0 Å². The van der Waals surface area contributed by atoms with Gasteiger partial charge in [0.05, 0.1) is 0 Å². The molecule has 0 aliphatic heterocycles. The third-order valence-electron chi connectivity index (χ3n) is 4.59. The summed E-state index contributed by atoms with van der Waals surface area (Å²) < 4.78 is 1.56. The maximum absolute atomic E-state index is 11.7. The summed E-state index contributed by atoms with van der Waals surface area (Å²) in [5.74, 6) is -0.484. The Labute approximate surface area is 161 Å². The summed E-state index contributed by atoms with van der Waals surface area (Å²) in [4.78, 5) is 30.4. The van der Waals surface area contributed by atoms with Crippen LogP contribution in [0.2, 0.25) is 0 Å². The van der Waals surface area contributed by atoms with Crippen LogP contribution in [0, 0.1) is 0 Å². The van der Waals surface area contributed by atoms with Crippen LogP contribution in [0.5, 0.6) is 0 Å². The lowest BCUT2D eigenvalue weighted by molar-refractivity contribution is -0.113. The number of fused-ring (bicyclic) bond motifs is 1. The number of aryl methyl sites for hydroxylation is 1. The predicted octanol–water partition coefficient (Wildman–Crippen LogP) is 3.09. The van der Waals surface area contributed by atoms with Crippen LogP contribution in [0.15, 0.2) is 71.9 Å². The lowest BCUT2D eigenvalue weighted by atomic mass is 10.0. The molecule has 0 aliphatic rings. The zero-order valence-electron chi connectivity index (χ0n) is 15.2. The summed E-state index contributed by atoms with van der Waals surface area (Å²) in [6.07, 6.45) is 8.54. The van der Waals surface area contributed by atoms with E-state index in [1.807, 2.05) is 42.7 Å². The number of nitrogens with two attached hydrogens (primary N) is 1. The van der Waals surface area contributed by atoms with Gasteiger partial charge in [-0.05, 0) is 35.4 Å². The van der Waals surface area contributed by atoms with Crippen molar-refractivity contribution in [3.05, 3.63) is 83.0 Å². The fraction of sp³-hybridized carbons (Fsp3) is 0.0455. The molecule has 28 heavy (non-hydrogen) atoms. The van der Waals surface area contributed by atoms with Crippen molar-refractivity contribution in [2.45, 2.75) is 0 Å². The van der Waals surface area contributed by atoms with Crippen molar-refractivity contribution in [1.82, 2.24) is 14.5 Å². The summed E-state index contributed by atoms with van der Waals surface area (Å²) in [6.45, 7) is 0. The lowest BCUT2D eigenvalue weighted by Crippen LogP contribution is -2.13. The minimum absolute atomic E-state index is 0.0526. The highest BCUT2D eigenvalue weighted by atomic mass is 16.1. The zero-order chi connectivity index (χ0) is 19.7. The molecule has 0 radical (unpaired) electrons. The van der Waals surface area contributed by atoms with Gasteiger partial charge in [-0.15, -0.1) is 0 Å². The summed E-state index contributed by atoms with van der Waals surface area (Å²) in [5.41, 5.74) is 10.6. The summed E-state index contributed by atoms with van der Waals surface area (Å²) in [6, 6.07) is 13.2. The van der Waals surface area contributed by atoms with Gasteiger partial charge in [-0.1, -0.05) is 18.2 Å². The predicted molar refractivity (Wildman–Crippen MR) is 110 cm³/mol. The highest BCUT2D eigenvalue weighted by Gasteiger charge is 2.10. The fourth-order valence-corrected chi connectivity index (χ4v) is 3.15. The number of hydrogen-bond acceptors (Lipinski definition) is 3. The monoisotopic (exact) mass is 370 g/mol. The van der Waals surface area contributed by atoms with Crippen molar-refractivity contribution >= 4 is 23.0 Å². The Balaban J connectivity index is 1.80. The molecule has 0 bridgehead atoms. The van der Waals surface area contributed by atoms with Crippen LogP contribution in [0.1, 0.15) is 5.56 Å². The van der Waals surface area contributed by atoms with Crippen LogP contribution < -0.4 is 11.3 Å². The topological polar surface area (TPSA) is 93.8 Å². The van der Waals surface area contributed by atoms with Crippen molar-refractivity contribution in [3.63, 3.8) is 0 Å². The largest absolute Gasteiger partial charge is 0.366 e. The Bertz CT molecular complexity index is 1280. The standard InChI is InChI=1S/C22H18N4O2/c1-26-13-16(6-8-21(26)28)19-12-25-22-18(19)10-17(11-24-22)15-4-2-3-14(9-15)5-7-20(23)27/h2-13H,1H3,(H2,23,27)(H,24,25). The van der Waals surface area contributed by atoms with Gasteiger partial charge in [-0.2, -0.15) is 0 Å². The van der Waals surface area contributed by atoms with Gasteiger partial charge in [0, 0.05) is 59.9 Å². The van der Waals surface area contributed by atoms with Gasteiger partial charge in [0.1, 0.15) is 5.65 Å². The number of nitrogens with zero attached hydrogens (tertiary/aromatic N) is 2. The first-order valence-corrected chi connectivity index (χ1v) is 8.73. The Morgan fingerprint density at radius 1 is 1.14 bits per heavy atom. The van der Waals surface area contributed by atoms with Gasteiger partial charge in [0.15, 0.2) is 0 Å². The molecule has 3 aromatic heterocycles. The molecular formula is C22H18N4O2. The van der Waals surface area contributed by atoms with Crippen molar-refractivity contribution in [1.29, 1.82) is 0 Å². The summed E-state index contributed by atoms with van der Waals surface area (Å²) in [7, 11) is 1.73. The van der Waals surface area contributed by atoms with Crippen LogP contribution in [0.4, 0.5) is 0 Å². The number of aromatic amines is 1. The first-order chi connectivity index (χ1) is 13.5. The number of hydrogen-bond donors (Lipinski definition) is 2. The van der Waals surface area contributed by atoms with E-state index in [9.17, 15) is 9.59 Å². The van der Waals surface area contributed by atoms with Crippen molar-refractivity contribution in [3.8, 4) is 22.3 Å². The molecule has 0 unspecified atom stereocenters. The van der Waals surface area contributed by atoms with Crippen LogP contribution in [0.25, 0.3) is 39.4 Å². The van der Waals surface area contributed by atoms with E-state index in [2.05, 4.69) is 16.0 Å². The minimum atomic E-state index is -0.484. The number of nitrogens with one attached hydrogen (secondary N) is 1. The Morgan fingerprint density at radius 3 is 2.79 bits per heavy atom. The van der Waals surface area contributed by atoms with E-state index >= 15 is 0 Å². The number of pyridine rings is 2. The molecule has 0 aliphatic carbocycles.